The zero-order valence-corrected chi connectivity index (χ0v) is 14.4. The SMILES string of the molecule is C#CCn1c(=NC(=O)c2cccc([N+](=O)[O-])c2)sc2cc([N+](=O)[O-])ccc21. The Morgan fingerprint density at radius 3 is 2.52 bits per heavy atom. The first kappa shape index (κ1) is 18.0. The minimum absolute atomic E-state index is 0.0555. The summed E-state index contributed by atoms with van der Waals surface area (Å²) in [7, 11) is 0. The third-order valence-corrected chi connectivity index (χ3v) is 4.67. The molecule has 1 amide bonds. The lowest BCUT2D eigenvalue weighted by molar-refractivity contribution is -0.385. The number of nitro benzene ring substituents is 2. The molecule has 0 unspecified atom stereocenters. The summed E-state index contributed by atoms with van der Waals surface area (Å²) < 4.78 is 2.13. The molecule has 0 aliphatic rings. The lowest BCUT2D eigenvalue weighted by Crippen LogP contribution is -2.16. The van der Waals surface area contributed by atoms with E-state index in [4.69, 9.17) is 6.42 Å². The van der Waals surface area contributed by atoms with Crippen molar-refractivity contribution in [1.82, 2.24) is 4.57 Å². The molecule has 27 heavy (non-hydrogen) atoms. The lowest BCUT2D eigenvalue weighted by atomic mass is 10.2. The molecular weight excluding hydrogens is 372 g/mol. The summed E-state index contributed by atoms with van der Waals surface area (Å²) in [6.45, 7) is 0.110. The standard InChI is InChI=1S/C17H10N4O5S/c1-2-8-19-14-7-6-13(21(25)26)10-15(14)27-17(19)18-16(22)11-4-3-5-12(9-11)20(23)24/h1,3-7,9-10H,8H2. The number of rotatable bonds is 4. The van der Waals surface area contributed by atoms with Gasteiger partial charge in [-0.3, -0.25) is 25.0 Å². The molecule has 0 saturated carbocycles. The summed E-state index contributed by atoms with van der Waals surface area (Å²) in [6.07, 6.45) is 5.38. The van der Waals surface area contributed by atoms with Crippen LogP contribution < -0.4 is 4.80 Å². The van der Waals surface area contributed by atoms with Gasteiger partial charge in [0.2, 0.25) is 0 Å². The summed E-state index contributed by atoms with van der Waals surface area (Å²) in [6, 6.07) is 9.48. The van der Waals surface area contributed by atoms with Crippen LogP contribution in [0.15, 0.2) is 47.5 Å². The molecule has 3 rings (SSSR count). The second-order valence-corrected chi connectivity index (χ2v) is 6.32. The maximum absolute atomic E-state index is 12.4. The Morgan fingerprint density at radius 1 is 1.15 bits per heavy atom. The lowest BCUT2D eigenvalue weighted by Gasteiger charge is -2.00. The van der Waals surface area contributed by atoms with E-state index in [2.05, 4.69) is 10.9 Å². The van der Waals surface area contributed by atoms with Crippen molar-refractivity contribution in [3.05, 3.63) is 73.1 Å². The van der Waals surface area contributed by atoms with Crippen molar-refractivity contribution in [2.24, 2.45) is 4.99 Å². The van der Waals surface area contributed by atoms with Crippen molar-refractivity contribution in [1.29, 1.82) is 0 Å². The third-order valence-electron chi connectivity index (χ3n) is 3.63. The molecule has 0 radical (unpaired) electrons. The zero-order chi connectivity index (χ0) is 19.6. The molecule has 0 spiro atoms. The number of amides is 1. The number of thiazole rings is 1. The number of fused-ring (bicyclic) bond motifs is 1. The van der Waals surface area contributed by atoms with Gasteiger partial charge < -0.3 is 4.57 Å². The number of aromatic nitrogens is 1. The van der Waals surface area contributed by atoms with Crippen LogP contribution in [0.3, 0.4) is 0 Å². The molecule has 9 nitrogen and oxygen atoms in total. The van der Waals surface area contributed by atoms with Gasteiger partial charge in [0.1, 0.15) is 0 Å². The first-order chi connectivity index (χ1) is 12.9. The van der Waals surface area contributed by atoms with Gasteiger partial charge in [0.25, 0.3) is 17.3 Å². The minimum Gasteiger partial charge on any atom is -0.305 e. The zero-order valence-electron chi connectivity index (χ0n) is 13.6. The maximum Gasteiger partial charge on any atom is 0.279 e. The largest absolute Gasteiger partial charge is 0.305 e. The molecule has 134 valence electrons. The van der Waals surface area contributed by atoms with Crippen LogP contribution in [0.4, 0.5) is 11.4 Å². The Hall–Kier alpha value is -3.84. The highest BCUT2D eigenvalue weighted by Crippen LogP contribution is 2.23. The van der Waals surface area contributed by atoms with Crippen LogP contribution in [0.1, 0.15) is 10.4 Å². The van der Waals surface area contributed by atoms with Crippen LogP contribution in [0.2, 0.25) is 0 Å². The van der Waals surface area contributed by atoms with Gasteiger partial charge in [0, 0.05) is 29.8 Å². The maximum atomic E-state index is 12.4. The van der Waals surface area contributed by atoms with Gasteiger partial charge in [-0.05, 0) is 12.1 Å². The summed E-state index contributed by atoms with van der Waals surface area (Å²) in [5.41, 5.74) is 0.349. The molecule has 0 saturated heterocycles. The van der Waals surface area contributed by atoms with Crippen LogP contribution >= 0.6 is 11.3 Å². The fraction of sp³-hybridized carbons (Fsp3) is 0.0588. The molecule has 0 aliphatic heterocycles. The molecule has 2 aromatic carbocycles. The number of hydrogen-bond donors (Lipinski definition) is 0. The molecular formula is C17H10N4O5S. The third kappa shape index (κ3) is 3.58. The second kappa shape index (κ2) is 7.19. The highest BCUT2D eigenvalue weighted by Gasteiger charge is 2.14. The Morgan fingerprint density at radius 2 is 1.85 bits per heavy atom. The Kier molecular flexibility index (Phi) is 4.78. The van der Waals surface area contributed by atoms with Gasteiger partial charge in [0.05, 0.1) is 26.6 Å². The predicted octanol–water partition coefficient (Wildman–Crippen LogP) is 2.89. The highest BCUT2D eigenvalue weighted by atomic mass is 32.1. The second-order valence-electron chi connectivity index (χ2n) is 5.31. The Bertz CT molecular complexity index is 1200. The summed E-state index contributed by atoms with van der Waals surface area (Å²) in [4.78, 5) is 37.4. The molecule has 0 atom stereocenters. The van der Waals surface area contributed by atoms with E-state index in [1.165, 1.54) is 36.4 Å². The van der Waals surface area contributed by atoms with E-state index in [-0.39, 0.29) is 28.3 Å². The molecule has 0 bridgehead atoms. The number of carbonyl (C=O) groups is 1. The van der Waals surface area contributed by atoms with E-state index in [1.807, 2.05) is 0 Å². The number of nitrogens with zero attached hydrogens (tertiary/aromatic N) is 4. The van der Waals surface area contributed by atoms with E-state index in [0.717, 1.165) is 17.4 Å². The van der Waals surface area contributed by atoms with Crippen LogP contribution in [-0.4, -0.2) is 20.3 Å². The van der Waals surface area contributed by atoms with Crippen molar-refractivity contribution in [2.45, 2.75) is 6.54 Å². The molecule has 3 aromatic rings. The van der Waals surface area contributed by atoms with Crippen molar-refractivity contribution < 1.29 is 14.6 Å². The average Bonchev–Trinajstić information content (AvgIpc) is 2.98. The predicted molar refractivity (Wildman–Crippen MR) is 98.3 cm³/mol. The number of terminal acetylenes is 1. The number of carbonyl (C=O) groups excluding carboxylic acids is 1. The first-order valence-electron chi connectivity index (χ1n) is 7.45. The molecule has 0 N–H and O–H groups in total. The fourth-order valence-corrected chi connectivity index (χ4v) is 3.47. The van der Waals surface area contributed by atoms with Crippen LogP contribution in [-0.2, 0) is 6.54 Å². The summed E-state index contributed by atoms with van der Waals surface area (Å²) in [5, 5.41) is 21.8. The average molecular weight is 382 g/mol. The first-order valence-corrected chi connectivity index (χ1v) is 8.27. The normalized spacial score (nSPS) is 11.3. The van der Waals surface area contributed by atoms with Crippen LogP contribution in [0.5, 0.6) is 0 Å². The smallest absolute Gasteiger partial charge is 0.279 e. The van der Waals surface area contributed by atoms with Gasteiger partial charge >= 0.3 is 0 Å². The number of nitro groups is 2. The van der Waals surface area contributed by atoms with Gasteiger partial charge in [-0.1, -0.05) is 23.3 Å². The van der Waals surface area contributed by atoms with Crippen molar-refractivity contribution in [2.75, 3.05) is 0 Å². The molecule has 1 heterocycles. The quantitative estimate of drug-likeness (QED) is 0.390. The molecule has 1 aromatic heterocycles. The summed E-state index contributed by atoms with van der Waals surface area (Å²) in [5.74, 6) is 1.78. The fourth-order valence-electron chi connectivity index (χ4n) is 2.41. The minimum atomic E-state index is -0.675. The molecule has 0 aliphatic carbocycles. The van der Waals surface area contributed by atoms with Gasteiger partial charge in [-0.25, -0.2) is 0 Å². The van der Waals surface area contributed by atoms with Crippen molar-refractivity contribution in [3.8, 4) is 12.3 Å². The van der Waals surface area contributed by atoms with E-state index in [0.29, 0.717) is 10.2 Å². The Balaban J connectivity index is 2.14. The highest BCUT2D eigenvalue weighted by molar-refractivity contribution is 7.16. The topological polar surface area (TPSA) is 121 Å². The molecule has 10 heteroatoms. The van der Waals surface area contributed by atoms with Crippen LogP contribution in [0, 0.1) is 32.6 Å². The van der Waals surface area contributed by atoms with E-state index < -0.39 is 15.8 Å². The number of benzene rings is 2. The number of hydrogen-bond acceptors (Lipinski definition) is 6. The van der Waals surface area contributed by atoms with Gasteiger partial charge in [-0.2, -0.15) is 4.99 Å². The van der Waals surface area contributed by atoms with E-state index >= 15 is 0 Å². The van der Waals surface area contributed by atoms with E-state index in [1.54, 1.807) is 4.57 Å². The van der Waals surface area contributed by atoms with Crippen LogP contribution in [0.25, 0.3) is 10.2 Å². The monoisotopic (exact) mass is 382 g/mol. The van der Waals surface area contributed by atoms with E-state index in [9.17, 15) is 25.0 Å². The van der Waals surface area contributed by atoms with Crippen molar-refractivity contribution in [3.63, 3.8) is 0 Å². The van der Waals surface area contributed by atoms with Crippen molar-refractivity contribution >= 4 is 38.8 Å². The Labute approximate surface area is 155 Å². The number of non-ortho nitro benzene ring substituents is 2. The van der Waals surface area contributed by atoms with Gasteiger partial charge in [-0.15, -0.1) is 6.42 Å². The molecule has 0 fully saturated rings. The van der Waals surface area contributed by atoms with Gasteiger partial charge in [0.15, 0.2) is 4.80 Å². The summed E-state index contributed by atoms with van der Waals surface area (Å²) >= 11 is 1.07.